The summed E-state index contributed by atoms with van der Waals surface area (Å²) in [5, 5.41) is 0. The van der Waals surface area contributed by atoms with Crippen LogP contribution < -0.4 is 19.7 Å². The van der Waals surface area contributed by atoms with Gasteiger partial charge in [0.25, 0.3) is 11.7 Å². The highest BCUT2D eigenvalue weighted by Crippen LogP contribution is 2.25. The molecule has 0 radical (unpaired) electrons. The minimum atomic E-state index is -0.463. The first-order valence-corrected chi connectivity index (χ1v) is 9.81. The van der Waals surface area contributed by atoms with E-state index in [1.165, 1.54) is 9.80 Å². The second kappa shape index (κ2) is 7.59. The van der Waals surface area contributed by atoms with E-state index < -0.39 is 6.04 Å². The topological polar surface area (TPSA) is 62.4 Å². The molecule has 3 amide bonds. The molecule has 0 unspecified atom stereocenters. The summed E-state index contributed by atoms with van der Waals surface area (Å²) in [5.41, 5.74) is 1.91. The fourth-order valence-corrected chi connectivity index (χ4v) is 3.94. The Labute approximate surface area is 165 Å². The van der Waals surface area contributed by atoms with Gasteiger partial charge in [-0.25, -0.2) is 14.7 Å². The van der Waals surface area contributed by atoms with Crippen molar-refractivity contribution in [3.05, 3.63) is 54.2 Å². The van der Waals surface area contributed by atoms with Crippen LogP contribution in [0.2, 0.25) is 0 Å². The van der Waals surface area contributed by atoms with Crippen molar-refractivity contribution in [3.8, 4) is 0 Å². The lowest BCUT2D eigenvalue weighted by Gasteiger charge is -2.30. The van der Waals surface area contributed by atoms with Gasteiger partial charge in [-0.3, -0.25) is 14.6 Å². The van der Waals surface area contributed by atoms with Gasteiger partial charge >= 0.3 is 6.03 Å². The monoisotopic (exact) mass is 381 g/mol. The fraction of sp³-hybridized carbons (Fsp3) is 0.381. The number of pyridine rings is 1. The van der Waals surface area contributed by atoms with Gasteiger partial charge in [0, 0.05) is 11.8 Å². The Morgan fingerprint density at radius 1 is 1.07 bits per heavy atom. The average molecular weight is 381 g/mol. The van der Waals surface area contributed by atoms with E-state index in [1.54, 1.807) is 11.8 Å². The molecule has 2 aliphatic heterocycles. The van der Waals surface area contributed by atoms with E-state index >= 15 is 0 Å². The largest absolute Gasteiger partial charge is 0.336 e. The number of piperazine rings is 1. The number of amides is 3. The molecule has 2 aliphatic rings. The van der Waals surface area contributed by atoms with Crippen molar-refractivity contribution in [2.24, 2.45) is 0 Å². The van der Waals surface area contributed by atoms with Gasteiger partial charge in [0.1, 0.15) is 32.2 Å². The molecule has 2 fully saturated rings. The number of aromatic amines is 1. The SMILES string of the molecule is Cc1ccc(N2C(=O)N(C[NH+]3CCN(c4cccc[nH+]4)CC3)C(=O)[C@@H]2C)cc1. The van der Waals surface area contributed by atoms with Crippen LogP contribution in [0.1, 0.15) is 12.5 Å². The Morgan fingerprint density at radius 2 is 1.79 bits per heavy atom. The normalized spacial score (nSPS) is 20.9. The van der Waals surface area contributed by atoms with Crippen LogP contribution in [0.25, 0.3) is 0 Å². The molecule has 146 valence electrons. The number of benzene rings is 1. The zero-order valence-electron chi connectivity index (χ0n) is 16.4. The number of aryl methyl sites for hydroxylation is 1. The summed E-state index contributed by atoms with van der Waals surface area (Å²) >= 11 is 0. The Hall–Kier alpha value is -2.93. The number of aromatic nitrogens is 1. The van der Waals surface area contributed by atoms with Crippen LogP contribution in [0.3, 0.4) is 0 Å². The standard InChI is InChI=1S/C21H25N5O2/c1-16-6-8-18(9-7-16)26-17(2)20(27)25(21(26)28)15-23-11-13-24(14-12-23)19-5-3-4-10-22-19/h3-10,17H,11-15H2,1-2H3/p+2/t17-/m0/s1. The molecule has 3 heterocycles. The molecular weight excluding hydrogens is 354 g/mol. The molecule has 7 nitrogen and oxygen atoms in total. The molecule has 28 heavy (non-hydrogen) atoms. The average Bonchev–Trinajstić information content (AvgIpc) is 2.93. The van der Waals surface area contributed by atoms with Crippen molar-refractivity contribution in [2.75, 3.05) is 42.6 Å². The van der Waals surface area contributed by atoms with Crippen molar-refractivity contribution in [1.82, 2.24) is 4.90 Å². The maximum Gasteiger partial charge on any atom is 0.336 e. The van der Waals surface area contributed by atoms with Gasteiger partial charge in [0.15, 0.2) is 6.67 Å². The lowest BCUT2D eigenvalue weighted by atomic mass is 10.2. The van der Waals surface area contributed by atoms with E-state index in [0.717, 1.165) is 43.2 Å². The second-order valence-electron chi connectivity index (χ2n) is 7.57. The molecule has 0 spiro atoms. The molecule has 2 N–H and O–H groups in total. The Morgan fingerprint density at radius 3 is 2.43 bits per heavy atom. The van der Waals surface area contributed by atoms with E-state index in [-0.39, 0.29) is 11.9 Å². The quantitative estimate of drug-likeness (QED) is 0.777. The van der Waals surface area contributed by atoms with Crippen LogP contribution in [0.15, 0.2) is 48.7 Å². The van der Waals surface area contributed by atoms with E-state index in [2.05, 4.69) is 16.0 Å². The second-order valence-corrected chi connectivity index (χ2v) is 7.57. The summed E-state index contributed by atoms with van der Waals surface area (Å²) in [6, 6.07) is 13.1. The highest BCUT2D eigenvalue weighted by atomic mass is 16.2. The number of urea groups is 1. The number of anilines is 2. The van der Waals surface area contributed by atoms with E-state index in [1.807, 2.05) is 49.5 Å². The van der Waals surface area contributed by atoms with E-state index in [9.17, 15) is 9.59 Å². The van der Waals surface area contributed by atoms with Crippen LogP contribution in [0.4, 0.5) is 16.3 Å². The molecule has 7 heteroatoms. The number of carbonyl (C=O) groups excluding carboxylic acids is 2. The Kier molecular flexibility index (Phi) is 5.00. The lowest BCUT2D eigenvalue weighted by Crippen LogP contribution is -3.16. The van der Waals surface area contributed by atoms with Crippen molar-refractivity contribution in [2.45, 2.75) is 19.9 Å². The zero-order chi connectivity index (χ0) is 19.7. The molecule has 0 aliphatic carbocycles. The van der Waals surface area contributed by atoms with Crippen LogP contribution in [0, 0.1) is 6.92 Å². The third-order valence-corrected chi connectivity index (χ3v) is 5.65. The predicted octanol–water partition coefficient (Wildman–Crippen LogP) is 0.329. The van der Waals surface area contributed by atoms with Crippen LogP contribution in [0.5, 0.6) is 0 Å². The number of hydrogen-bond donors (Lipinski definition) is 1. The molecule has 0 bridgehead atoms. The third-order valence-electron chi connectivity index (χ3n) is 5.65. The summed E-state index contributed by atoms with van der Waals surface area (Å²) in [4.78, 5) is 35.6. The van der Waals surface area contributed by atoms with Crippen LogP contribution in [-0.2, 0) is 4.79 Å². The van der Waals surface area contributed by atoms with Crippen LogP contribution >= 0.6 is 0 Å². The number of hydrogen-bond acceptors (Lipinski definition) is 3. The summed E-state index contributed by atoms with van der Waals surface area (Å²) < 4.78 is 0. The van der Waals surface area contributed by atoms with E-state index in [0.29, 0.717) is 6.67 Å². The fourth-order valence-electron chi connectivity index (χ4n) is 3.94. The summed E-state index contributed by atoms with van der Waals surface area (Å²) in [7, 11) is 0. The Balaban J connectivity index is 1.40. The Bertz CT molecular complexity index is 847. The van der Waals surface area contributed by atoms with Crippen molar-refractivity contribution < 1.29 is 19.5 Å². The zero-order valence-corrected chi connectivity index (χ0v) is 16.4. The van der Waals surface area contributed by atoms with Gasteiger partial charge in [-0.1, -0.05) is 23.8 Å². The highest BCUT2D eigenvalue weighted by Gasteiger charge is 2.45. The van der Waals surface area contributed by atoms with Gasteiger partial charge in [-0.15, -0.1) is 0 Å². The third kappa shape index (κ3) is 3.45. The molecule has 2 saturated heterocycles. The molecule has 1 aromatic heterocycles. The maximum absolute atomic E-state index is 13.0. The lowest BCUT2D eigenvalue weighted by molar-refractivity contribution is -0.908. The van der Waals surface area contributed by atoms with Gasteiger partial charge in [0.2, 0.25) is 0 Å². The number of imide groups is 1. The first-order valence-electron chi connectivity index (χ1n) is 9.81. The van der Waals surface area contributed by atoms with E-state index in [4.69, 9.17) is 0 Å². The number of nitrogens with one attached hydrogen (secondary N) is 2. The summed E-state index contributed by atoms with van der Waals surface area (Å²) in [5.74, 6) is 0.992. The molecule has 1 aromatic carbocycles. The van der Waals surface area contributed by atoms with Crippen molar-refractivity contribution >= 4 is 23.4 Å². The molecule has 2 aromatic rings. The van der Waals surface area contributed by atoms with Gasteiger partial charge in [-0.05, 0) is 32.0 Å². The first kappa shape index (κ1) is 18.4. The van der Waals surface area contributed by atoms with Gasteiger partial charge in [-0.2, -0.15) is 0 Å². The number of H-pyrrole nitrogens is 1. The molecule has 0 saturated carbocycles. The predicted molar refractivity (Wildman–Crippen MR) is 106 cm³/mol. The number of carbonyl (C=O) groups is 2. The maximum atomic E-state index is 13.0. The van der Waals surface area contributed by atoms with Gasteiger partial charge < -0.3 is 4.90 Å². The smallest absolute Gasteiger partial charge is 0.311 e. The molecule has 1 atom stereocenters. The number of quaternary nitrogens is 1. The highest BCUT2D eigenvalue weighted by molar-refractivity contribution is 6.13. The summed E-state index contributed by atoms with van der Waals surface area (Å²) in [6.07, 6.45) is 1.93. The number of rotatable bonds is 4. The summed E-state index contributed by atoms with van der Waals surface area (Å²) in [6.45, 7) is 7.80. The minimum Gasteiger partial charge on any atom is -0.311 e. The molecular formula is C21H27N5O2+2. The molecule has 4 rings (SSSR count). The van der Waals surface area contributed by atoms with Gasteiger partial charge in [0.05, 0.1) is 6.20 Å². The van der Waals surface area contributed by atoms with Crippen molar-refractivity contribution in [1.29, 1.82) is 0 Å². The van der Waals surface area contributed by atoms with Crippen LogP contribution in [-0.4, -0.2) is 55.7 Å². The first-order chi connectivity index (χ1) is 13.5. The number of nitrogens with zero attached hydrogens (tertiary/aromatic N) is 3. The minimum absolute atomic E-state index is 0.114. The van der Waals surface area contributed by atoms with Crippen molar-refractivity contribution in [3.63, 3.8) is 0 Å².